The summed E-state index contributed by atoms with van der Waals surface area (Å²) in [6.07, 6.45) is 3.74. The molecule has 2 rings (SSSR count). The third kappa shape index (κ3) is 3.07. The number of aromatic nitrogens is 2. The predicted molar refractivity (Wildman–Crippen MR) is 66.6 cm³/mol. The maximum atomic E-state index is 5.82. The Morgan fingerprint density at radius 1 is 1.47 bits per heavy atom. The average Bonchev–Trinajstić information content (AvgIpc) is 2.73. The minimum atomic E-state index is 0.0249. The van der Waals surface area contributed by atoms with Crippen molar-refractivity contribution in [3.8, 4) is 5.75 Å². The maximum absolute atomic E-state index is 5.82. The van der Waals surface area contributed by atoms with Gasteiger partial charge in [-0.25, -0.2) is 0 Å². The van der Waals surface area contributed by atoms with Gasteiger partial charge in [-0.1, -0.05) is 12.1 Å². The normalized spacial score (nSPS) is 12.4. The molecule has 0 bridgehead atoms. The van der Waals surface area contributed by atoms with Crippen molar-refractivity contribution in [1.29, 1.82) is 0 Å². The SMILES string of the molecule is C[C@H](N)c1cccc(OCc2cnn(C)c2)c1. The van der Waals surface area contributed by atoms with E-state index in [2.05, 4.69) is 5.10 Å². The van der Waals surface area contributed by atoms with Crippen LogP contribution < -0.4 is 10.5 Å². The lowest BCUT2D eigenvalue weighted by Crippen LogP contribution is -2.05. The summed E-state index contributed by atoms with van der Waals surface area (Å²) < 4.78 is 7.45. The molecule has 0 radical (unpaired) electrons. The van der Waals surface area contributed by atoms with Gasteiger partial charge in [0.15, 0.2) is 0 Å². The van der Waals surface area contributed by atoms with Gasteiger partial charge in [0.25, 0.3) is 0 Å². The van der Waals surface area contributed by atoms with Crippen molar-refractivity contribution in [2.75, 3.05) is 0 Å². The molecule has 4 heteroatoms. The van der Waals surface area contributed by atoms with Crippen LogP contribution in [0.4, 0.5) is 0 Å². The fourth-order valence-electron chi connectivity index (χ4n) is 1.60. The van der Waals surface area contributed by atoms with E-state index in [0.717, 1.165) is 16.9 Å². The molecule has 2 aromatic rings. The first-order chi connectivity index (χ1) is 8.15. The van der Waals surface area contributed by atoms with Gasteiger partial charge in [-0.05, 0) is 24.6 Å². The molecule has 0 aliphatic rings. The highest BCUT2D eigenvalue weighted by molar-refractivity contribution is 5.30. The van der Waals surface area contributed by atoms with Crippen LogP contribution in [0.3, 0.4) is 0 Å². The molecule has 1 heterocycles. The van der Waals surface area contributed by atoms with Gasteiger partial charge in [-0.2, -0.15) is 5.10 Å². The number of aryl methyl sites for hydroxylation is 1. The van der Waals surface area contributed by atoms with Crippen LogP contribution in [0, 0.1) is 0 Å². The number of nitrogens with zero attached hydrogens (tertiary/aromatic N) is 2. The molecular weight excluding hydrogens is 214 g/mol. The van der Waals surface area contributed by atoms with Crippen LogP contribution in [0.15, 0.2) is 36.7 Å². The third-order valence-electron chi connectivity index (χ3n) is 2.55. The van der Waals surface area contributed by atoms with E-state index >= 15 is 0 Å². The van der Waals surface area contributed by atoms with Crippen LogP contribution in [0.25, 0.3) is 0 Å². The Labute approximate surface area is 101 Å². The number of rotatable bonds is 4. The minimum absolute atomic E-state index is 0.0249. The quantitative estimate of drug-likeness (QED) is 0.875. The number of ether oxygens (including phenoxy) is 1. The highest BCUT2D eigenvalue weighted by Crippen LogP contribution is 2.18. The second kappa shape index (κ2) is 5.01. The smallest absolute Gasteiger partial charge is 0.120 e. The summed E-state index contributed by atoms with van der Waals surface area (Å²) in [6.45, 7) is 2.48. The zero-order chi connectivity index (χ0) is 12.3. The molecule has 0 aliphatic carbocycles. The van der Waals surface area contributed by atoms with Gasteiger partial charge in [-0.3, -0.25) is 4.68 Å². The van der Waals surface area contributed by atoms with Gasteiger partial charge in [0.2, 0.25) is 0 Å². The molecular formula is C13H17N3O. The Balaban J connectivity index is 2.01. The summed E-state index contributed by atoms with van der Waals surface area (Å²) in [5.74, 6) is 0.837. The van der Waals surface area contributed by atoms with Crippen molar-refractivity contribution in [1.82, 2.24) is 9.78 Å². The topological polar surface area (TPSA) is 53.1 Å². The lowest BCUT2D eigenvalue weighted by Gasteiger charge is -2.09. The standard InChI is InChI=1S/C13H17N3O/c1-10(14)12-4-3-5-13(6-12)17-9-11-7-15-16(2)8-11/h3-8,10H,9,14H2,1-2H3/t10-/m0/s1. The largest absolute Gasteiger partial charge is 0.489 e. The second-order valence-electron chi connectivity index (χ2n) is 4.17. The zero-order valence-corrected chi connectivity index (χ0v) is 10.1. The number of hydrogen-bond acceptors (Lipinski definition) is 3. The predicted octanol–water partition coefficient (Wildman–Crippen LogP) is 2.02. The third-order valence-corrected chi connectivity index (χ3v) is 2.55. The van der Waals surface area contributed by atoms with Crippen LogP contribution in [0.1, 0.15) is 24.1 Å². The van der Waals surface area contributed by atoms with Gasteiger partial charge >= 0.3 is 0 Å². The minimum Gasteiger partial charge on any atom is -0.489 e. The zero-order valence-electron chi connectivity index (χ0n) is 10.1. The highest BCUT2D eigenvalue weighted by Gasteiger charge is 2.02. The van der Waals surface area contributed by atoms with E-state index in [0.29, 0.717) is 6.61 Å². The van der Waals surface area contributed by atoms with Crippen LogP contribution in [0.2, 0.25) is 0 Å². The second-order valence-corrected chi connectivity index (χ2v) is 4.17. The molecule has 0 saturated heterocycles. The first kappa shape index (κ1) is 11.7. The molecule has 0 spiro atoms. The van der Waals surface area contributed by atoms with Crippen LogP contribution in [-0.2, 0) is 13.7 Å². The lowest BCUT2D eigenvalue weighted by atomic mass is 10.1. The molecule has 90 valence electrons. The molecule has 2 N–H and O–H groups in total. The summed E-state index contributed by atoms with van der Waals surface area (Å²) in [4.78, 5) is 0. The Morgan fingerprint density at radius 3 is 2.94 bits per heavy atom. The summed E-state index contributed by atoms with van der Waals surface area (Å²) >= 11 is 0. The van der Waals surface area contributed by atoms with Gasteiger partial charge < -0.3 is 10.5 Å². The average molecular weight is 231 g/mol. The van der Waals surface area contributed by atoms with Crippen molar-refractivity contribution >= 4 is 0 Å². The van der Waals surface area contributed by atoms with E-state index in [1.807, 2.05) is 44.4 Å². The number of nitrogens with two attached hydrogens (primary N) is 1. The Hall–Kier alpha value is -1.81. The fourth-order valence-corrected chi connectivity index (χ4v) is 1.60. The Kier molecular flexibility index (Phi) is 3.44. The molecule has 0 unspecified atom stereocenters. The van der Waals surface area contributed by atoms with Gasteiger partial charge in [0.1, 0.15) is 12.4 Å². The molecule has 1 aromatic heterocycles. The van der Waals surface area contributed by atoms with E-state index in [9.17, 15) is 0 Å². The first-order valence-corrected chi connectivity index (χ1v) is 5.61. The van der Waals surface area contributed by atoms with E-state index in [-0.39, 0.29) is 6.04 Å². The molecule has 1 atom stereocenters. The van der Waals surface area contributed by atoms with Crippen LogP contribution in [0.5, 0.6) is 5.75 Å². The van der Waals surface area contributed by atoms with Gasteiger partial charge in [0.05, 0.1) is 6.20 Å². The number of benzene rings is 1. The monoisotopic (exact) mass is 231 g/mol. The summed E-state index contributed by atoms with van der Waals surface area (Å²) in [5.41, 5.74) is 7.96. The van der Waals surface area contributed by atoms with E-state index < -0.39 is 0 Å². The number of hydrogen-bond donors (Lipinski definition) is 1. The summed E-state index contributed by atoms with van der Waals surface area (Å²) in [6, 6.07) is 7.89. The summed E-state index contributed by atoms with van der Waals surface area (Å²) in [7, 11) is 1.89. The first-order valence-electron chi connectivity index (χ1n) is 5.61. The highest BCUT2D eigenvalue weighted by atomic mass is 16.5. The van der Waals surface area contributed by atoms with E-state index in [1.165, 1.54) is 0 Å². The van der Waals surface area contributed by atoms with Crippen LogP contribution >= 0.6 is 0 Å². The van der Waals surface area contributed by atoms with Gasteiger partial charge in [-0.15, -0.1) is 0 Å². The maximum Gasteiger partial charge on any atom is 0.120 e. The van der Waals surface area contributed by atoms with Crippen molar-refractivity contribution < 1.29 is 4.74 Å². The van der Waals surface area contributed by atoms with E-state index in [1.54, 1.807) is 10.9 Å². The molecule has 0 saturated carbocycles. The van der Waals surface area contributed by atoms with Gasteiger partial charge in [0, 0.05) is 24.8 Å². The molecule has 17 heavy (non-hydrogen) atoms. The molecule has 1 aromatic carbocycles. The molecule has 0 amide bonds. The van der Waals surface area contributed by atoms with Crippen LogP contribution in [-0.4, -0.2) is 9.78 Å². The molecule has 0 aliphatic heterocycles. The van der Waals surface area contributed by atoms with E-state index in [4.69, 9.17) is 10.5 Å². The Bertz CT molecular complexity index is 491. The lowest BCUT2D eigenvalue weighted by molar-refractivity contribution is 0.305. The Morgan fingerprint density at radius 2 is 2.29 bits per heavy atom. The van der Waals surface area contributed by atoms with Crippen molar-refractivity contribution in [2.24, 2.45) is 12.8 Å². The summed E-state index contributed by atoms with van der Waals surface area (Å²) in [5, 5.41) is 4.09. The van der Waals surface area contributed by atoms with Crippen molar-refractivity contribution in [3.05, 3.63) is 47.8 Å². The molecule has 0 fully saturated rings. The van der Waals surface area contributed by atoms with Crippen molar-refractivity contribution in [3.63, 3.8) is 0 Å². The molecule has 4 nitrogen and oxygen atoms in total. The van der Waals surface area contributed by atoms with Crippen molar-refractivity contribution in [2.45, 2.75) is 19.6 Å². The fraction of sp³-hybridized carbons (Fsp3) is 0.308.